The molecular weight excluding hydrogens is 180 g/mol. The van der Waals surface area contributed by atoms with Gasteiger partial charge in [0.15, 0.2) is 0 Å². The summed E-state index contributed by atoms with van der Waals surface area (Å²) in [6, 6.07) is 1.14. The zero-order valence-corrected chi connectivity index (χ0v) is 10.9. The average molecular weight is 204 g/mol. The van der Waals surface area contributed by atoms with E-state index in [1.807, 2.05) is 0 Å². The highest BCUT2D eigenvalue weighted by Gasteiger charge is 2.12. The van der Waals surface area contributed by atoms with Crippen LogP contribution in [0.2, 0.25) is 6.04 Å². The van der Waals surface area contributed by atoms with Crippen LogP contribution in [0.15, 0.2) is 0 Å². The first-order chi connectivity index (χ1) is 5.99. The maximum Gasteiger partial charge on any atom is 0.320 e. The van der Waals surface area contributed by atoms with E-state index in [1.165, 1.54) is 19.3 Å². The summed E-state index contributed by atoms with van der Waals surface area (Å²) in [7, 11) is 2.23. The Hall–Kier alpha value is 0.137. The minimum absolute atomic E-state index is 0.469. The van der Waals surface area contributed by atoms with Crippen molar-refractivity contribution in [3.05, 3.63) is 0 Å². The molecule has 0 unspecified atom stereocenters. The third-order valence-electron chi connectivity index (χ3n) is 2.14. The molecule has 80 valence electrons. The molecule has 0 bridgehead atoms. The highest BCUT2D eigenvalue weighted by Crippen LogP contribution is 2.22. The zero-order chi connectivity index (χ0) is 10.3. The first kappa shape index (κ1) is 13.1. The molecule has 0 aliphatic carbocycles. The first-order valence-electron chi connectivity index (χ1n) is 5.05. The van der Waals surface area contributed by atoms with Gasteiger partial charge in [0.05, 0.1) is 0 Å². The van der Waals surface area contributed by atoms with E-state index in [2.05, 4.69) is 20.8 Å². The second-order valence-electron chi connectivity index (χ2n) is 4.71. The number of hydrogen-bond acceptors (Lipinski definition) is 2. The summed E-state index contributed by atoms with van der Waals surface area (Å²) in [5, 5.41) is 0. The van der Waals surface area contributed by atoms with Crippen molar-refractivity contribution in [1.82, 2.24) is 0 Å². The van der Waals surface area contributed by atoms with Crippen LogP contribution in [0.1, 0.15) is 40.0 Å². The molecule has 0 amide bonds. The topological polar surface area (TPSA) is 18.5 Å². The molecule has 0 aliphatic rings. The van der Waals surface area contributed by atoms with Gasteiger partial charge in [0.2, 0.25) is 0 Å². The number of rotatable bonds is 6. The van der Waals surface area contributed by atoms with Crippen LogP contribution in [0.4, 0.5) is 0 Å². The summed E-state index contributed by atoms with van der Waals surface area (Å²) in [5.74, 6) is 0. The number of unbranched alkanes of at least 4 members (excludes halogenated alkanes) is 1. The van der Waals surface area contributed by atoms with Gasteiger partial charge < -0.3 is 8.85 Å². The fourth-order valence-electron chi connectivity index (χ4n) is 1.30. The van der Waals surface area contributed by atoms with E-state index in [9.17, 15) is 0 Å². The third kappa shape index (κ3) is 8.47. The van der Waals surface area contributed by atoms with Crippen molar-refractivity contribution >= 4 is 9.28 Å². The average Bonchev–Trinajstić information content (AvgIpc) is 2.03. The summed E-state index contributed by atoms with van der Waals surface area (Å²) in [6.07, 6.45) is 3.83. The van der Waals surface area contributed by atoms with Crippen LogP contribution in [0.25, 0.3) is 0 Å². The van der Waals surface area contributed by atoms with Crippen molar-refractivity contribution in [2.75, 3.05) is 14.2 Å². The molecule has 0 aliphatic heterocycles. The third-order valence-corrected chi connectivity index (χ3v) is 4.07. The van der Waals surface area contributed by atoms with Gasteiger partial charge in [-0.15, -0.1) is 0 Å². The van der Waals surface area contributed by atoms with Gasteiger partial charge in [-0.25, -0.2) is 0 Å². The second-order valence-corrected chi connectivity index (χ2v) is 7.09. The fourth-order valence-corrected chi connectivity index (χ4v) is 2.58. The molecule has 13 heavy (non-hydrogen) atoms. The maximum absolute atomic E-state index is 5.25. The van der Waals surface area contributed by atoms with Crippen LogP contribution < -0.4 is 0 Å². The molecular formula is C10H24O2Si. The summed E-state index contributed by atoms with van der Waals surface area (Å²) < 4.78 is 10.5. The van der Waals surface area contributed by atoms with Crippen molar-refractivity contribution in [2.45, 2.75) is 46.1 Å². The van der Waals surface area contributed by atoms with Gasteiger partial charge in [-0.05, 0) is 17.9 Å². The van der Waals surface area contributed by atoms with E-state index in [-0.39, 0.29) is 0 Å². The monoisotopic (exact) mass is 204 g/mol. The van der Waals surface area contributed by atoms with Gasteiger partial charge in [-0.2, -0.15) is 0 Å². The molecule has 0 spiro atoms. The van der Waals surface area contributed by atoms with Gasteiger partial charge in [0.1, 0.15) is 0 Å². The zero-order valence-electron chi connectivity index (χ0n) is 9.72. The van der Waals surface area contributed by atoms with E-state index >= 15 is 0 Å². The largest absolute Gasteiger partial charge is 0.400 e. The Morgan fingerprint density at radius 1 is 1.00 bits per heavy atom. The van der Waals surface area contributed by atoms with Crippen LogP contribution >= 0.6 is 0 Å². The quantitative estimate of drug-likeness (QED) is 0.489. The predicted molar refractivity (Wildman–Crippen MR) is 59.3 cm³/mol. The highest BCUT2D eigenvalue weighted by molar-refractivity contribution is 6.44. The van der Waals surface area contributed by atoms with E-state index in [4.69, 9.17) is 8.85 Å². The summed E-state index contributed by atoms with van der Waals surface area (Å²) >= 11 is 0. The van der Waals surface area contributed by atoms with E-state index in [0.29, 0.717) is 5.41 Å². The Labute approximate surface area is 84.5 Å². The molecule has 3 heteroatoms. The second kappa shape index (κ2) is 6.57. The molecule has 2 nitrogen and oxygen atoms in total. The molecule has 0 saturated carbocycles. The van der Waals surface area contributed by atoms with Crippen LogP contribution in [0.5, 0.6) is 0 Å². The van der Waals surface area contributed by atoms with Gasteiger partial charge in [0.25, 0.3) is 0 Å². The smallest absolute Gasteiger partial charge is 0.320 e. The van der Waals surface area contributed by atoms with Crippen molar-refractivity contribution in [3.8, 4) is 0 Å². The van der Waals surface area contributed by atoms with E-state index < -0.39 is 9.28 Å². The fraction of sp³-hybridized carbons (Fsp3) is 1.00. The lowest BCUT2D eigenvalue weighted by molar-refractivity contribution is 0.274. The van der Waals surface area contributed by atoms with Gasteiger partial charge in [0, 0.05) is 14.2 Å². The summed E-state index contributed by atoms with van der Waals surface area (Å²) in [4.78, 5) is 0. The molecule has 0 N–H and O–H groups in total. The standard InChI is InChI=1S/C10H24O2Si/c1-10(2,3)8-6-7-9-13(11-4)12-5/h13H,6-9H2,1-5H3. The molecule has 0 aromatic heterocycles. The van der Waals surface area contributed by atoms with Crippen LogP contribution in [-0.4, -0.2) is 23.5 Å². The molecule has 0 radical (unpaired) electrons. The van der Waals surface area contributed by atoms with Crippen molar-refractivity contribution in [3.63, 3.8) is 0 Å². The van der Waals surface area contributed by atoms with Crippen molar-refractivity contribution in [2.24, 2.45) is 5.41 Å². The molecule has 0 aromatic carbocycles. The van der Waals surface area contributed by atoms with Crippen molar-refractivity contribution in [1.29, 1.82) is 0 Å². The molecule has 0 saturated heterocycles. The van der Waals surface area contributed by atoms with Gasteiger partial charge >= 0.3 is 9.28 Å². The SMILES string of the molecule is CO[SiH](CCCCC(C)(C)C)OC. The minimum Gasteiger partial charge on any atom is -0.400 e. The first-order valence-corrected chi connectivity index (χ1v) is 6.81. The Kier molecular flexibility index (Phi) is 6.64. The lowest BCUT2D eigenvalue weighted by Gasteiger charge is -2.18. The van der Waals surface area contributed by atoms with Gasteiger partial charge in [-0.1, -0.05) is 33.6 Å². The lowest BCUT2D eigenvalue weighted by atomic mass is 9.90. The summed E-state index contributed by atoms with van der Waals surface area (Å²) in [5.41, 5.74) is 0.469. The molecule has 0 rings (SSSR count). The lowest BCUT2D eigenvalue weighted by Crippen LogP contribution is -2.18. The maximum atomic E-state index is 5.25. The molecule has 0 atom stereocenters. The molecule has 0 aromatic rings. The van der Waals surface area contributed by atoms with Gasteiger partial charge in [-0.3, -0.25) is 0 Å². The Morgan fingerprint density at radius 2 is 1.54 bits per heavy atom. The van der Waals surface area contributed by atoms with E-state index in [1.54, 1.807) is 14.2 Å². The summed E-state index contributed by atoms with van der Waals surface area (Å²) in [6.45, 7) is 6.86. The number of hydrogen-bond donors (Lipinski definition) is 0. The molecule has 0 fully saturated rings. The van der Waals surface area contributed by atoms with Crippen LogP contribution in [-0.2, 0) is 8.85 Å². The van der Waals surface area contributed by atoms with E-state index in [0.717, 1.165) is 6.04 Å². The van der Waals surface area contributed by atoms with Crippen LogP contribution in [0.3, 0.4) is 0 Å². The Balaban J connectivity index is 3.34. The normalized spacial score (nSPS) is 12.5. The minimum atomic E-state index is -1.28. The van der Waals surface area contributed by atoms with Crippen LogP contribution in [0, 0.1) is 5.41 Å². The molecule has 0 heterocycles. The Bertz CT molecular complexity index is 117. The highest BCUT2D eigenvalue weighted by atomic mass is 28.3. The predicted octanol–water partition coefficient (Wildman–Crippen LogP) is 2.72. The Morgan fingerprint density at radius 3 is 1.92 bits per heavy atom. The van der Waals surface area contributed by atoms with Crippen molar-refractivity contribution < 1.29 is 8.85 Å².